The van der Waals surface area contributed by atoms with Gasteiger partial charge in [0, 0.05) is 16.5 Å². The van der Waals surface area contributed by atoms with Gasteiger partial charge >= 0.3 is 0 Å². The van der Waals surface area contributed by atoms with Gasteiger partial charge in [0.25, 0.3) is 0 Å². The van der Waals surface area contributed by atoms with E-state index in [-0.39, 0.29) is 0 Å². The van der Waals surface area contributed by atoms with Gasteiger partial charge in [-0.05, 0) is 25.0 Å². The van der Waals surface area contributed by atoms with Crippen LogP contribution in [0.1, 0.15) is 26.7 Å². The Morgan fingerprint density at radius 3 is 2.69 bits per heavy atom. The van der Waals surface area contributed by atoms with Crippen molar-refractivity contribution in [2.75, 3.05) is 0 Å². The molecule has 0 aromatic carbocycles. The Morgan fingerprint density at radius 2 is 2.15 bits per heavy atom. The Balaban J connectivity index is 2.62. The number of hydrogen-bond acceptors (Lipinski definition) is 2. The molecule has 0 atom stereocenters. The molecule has 0 aliphatic rings. The lowest BCUT2D eigenvalue weighted by atomic mass is 10.3. The first-order chi connectivity index (χ1) is 6.26. The highest BCUT2D eigenvalue weighted by molar-refractivity contribution is 7.99. The minimum atomic E-state index is 0.658. The second-order valence-electron chi connectivity index (χ2n) is 2.87. The number of thioether (sulfide) groups is 1. The second kappa shape index (κ2) is 5.51. The monoisotopic (exact) mass is 215 g/mol. The lowest BCUT2D eigenvalue weighted by Gasteiger charge is -2.10. The van der Waals surface area contributed by atoms with Gasteiger partial charge < -0.3 is 0 Å². The van der Waals surface area contributed by atoms with E-state index in [0.717, 1.165) is 10.0 Å². The summed E-state index contributed by atoms with van der Waals surface area (Å²) in [5.41, 5.74) is 0. The van der Waals surface area contributed by atoms with Gasteiger partial charge in [-0.2, -0.15) is 0 Å². The molecule has 1 rings (SSSR count). The number of rotatable bonds is 4. The number of aromatic nitrogens is 1. The molecule has 0 aliphatic carbocycles. The fourth-order valence-electron chi connectivity index (χ4n) is 1.08. The number of nitrogens with zero attached hydrogens (tertiary/aromatic N) is 1. The number of hydrogen-bond donors (Lipinski definition) is 0. The Hall–Kier alpha value is -0.210. The van der Waals surface area contributed by atoms with Crippen LogP contribution in [0, 0.1) is 0 Å². The van der Waals surface area contributed by atoms with Crippen molar-refractivity contribution in [3.05, 3.63) is 23.4 Å². The van der Waals surface area contributed by atoms with Crippen LogP contribution >= 0.6 is 23.4 Å². The van der Waals surface area contributed by atoms with Crippen LogP contribution in [-0.4, -0.2) is 10.2 Å². The van der Waals surface area contributed by atoms with Gasteiger partial charge in [0.05, 0.1) is 5.03 Å². The van der Waals surface area contributed by atoms with Gasteiger partial charge in [0.1, 0.15) is 0 Å². The standard InChI is InChI=1S/C10H14ClNS/c1-3-9(4-2)13-10-7-8(11)5-6-12-10/h5-7,9H,3-4H2,1-2H3. The average Bonchev–Trinajstić information content (AvgIpc) is 2.14. The lowest BCUT2D eigenvalue weighted by molar-refractivity contribution is 0.790. The predicted octanol–water partition coefficient (Wildman–Crippen LogP) is 4.02. The van der Waals surface area contributed by atoms with E-state index in [4.69, 9.17) is 11.6 Å². The van der Waals surface area contributed by atoms with Gasteiger partial charge in [-0.25, -0.2) is 4.98 Å². The number of halogens is 1. The van der Waals surface area contributed by atoms with E-state index in [9.17, 15) is 0 Å². The predicted molar refractivity (Wildman–Crippen MR) is 59.5 cm³/mol. The highest BCUT2D eigenvalue weighted by Crippen LogP contribution is 2.26. The maximum absolute atomic E-state index is 5.86. The van der Waals surface area contributed by atoms with E-state index < -0.39 is 0 Å². The zero-order chi connectivity index (χ0) is 9.68. The third kappa shape index (κ3) is 3.57. The van der Waals surface area contributed by atoms with Crippen LogP contribution in [0.2, 0.25) is 5.02 Å². The Labute approximate surface area is 88.9 Å². The van der Waals surface area contributed by atoms with Crippen LogP contribution in [0.5, 0.6) is 0 Å². The molecule has 0 fully saturated rings. The topological polar surface area (TPSA) is 12.9 Å². The molecule has 0 saturated heterocycles. The van der Waals surface area contributed by atoms with Crippen LogP contribution in [0.4, 0.5) is 0 Å². The molecule has 0 saturated carbocycles. The van der Waals surface area contributed by atoms with Crippen LogP contribution in [0.25, 0.3) is 0 Å². The minimum Gasteiger partial charge on any atom is -0.250 e. The highest BCUT2D eigenvalue weighted by atomic mass is 35.5. The zero-order valence-electron chi connectivity index (χ0n) is 7.96. The lowest BCUT2D eigenvalue weighted by Crippen LogP contribution is -1.98. The van der Waals surface area contributed by atoms with Crippen molar-refractivity contribution in [1.82, 2.24) is 4.98 Å². The van der Waals surface area contributed by atoms with Crippen molar-refractivity contribution in [1.29, 1.82) is 0 Å². The summed E-state index contributed by atoms with van der Waals surface area (Å²) in [6, 6.07) is 3.73. The molecule has 1 aromatic heterocycles. The molecular weight excluding hydrogens is 202 g/mol. The summed E-state index contributed by atoms with van der Waals surface area (Å²) in [4.78, 5) is 4.25. The molecule has 1 aromatic rings. The molecule has 0 bridgehead atoms. The fourth-order valence-corrected chi connectivity index (χ4v) is 2.29. The van der Waals surface area contributed by atoms with Crippen molar-refractivity contribution in [2.45, 2.75) is 37.0 Å². The van der Waals surface area contributed by atoms with Crippen LogP contribution < -0.4 is 0 Å². The van der Waals surface area contributed by atoms with E-state index in [0.29, 0.717) is 5.25 Å². The molecule has 0 spiro atoms. The quantitative estimate of drug-likeness (QED) is 0.704. The van der Waals surface area contributed by atoms with Crippen molar-refractivity contribution in [3.63, 3.8) is 0 Å². The summed E-state index contributed by atoms with van der Waals surface area (Å²) in [7, 11) is 0. The van der Waals surface area contributed by atoms with Crippen molar-refractivity contribution in [2.24, 2.45) is 0 Å². The molecule has 0 radical (unpaired) electrons. The largest absolute Gasteiger partial charge is 0.250 e. The van der Waals surface area contributed by atoms with Gasteiger partial charge in [-0.3, -0.25) is 0 Å². The maximum Gasteiger partial charge on any atom is 0.0977 e. The van der Waals surface area contributed by atoms with Gasteiger partial charge in [-0.15, -0.1) is 11.8 Å². The van der Waals surface area contributed by atoms with Crippen molar-refractivity contribution in [3.8, 4) is 0 Å². The van der Waals surface area contributed by atoms with E-state index >= 15 is 0 Å². The fraction of sp³-hybridized carbons (Fsp3) is 0.500. The van der Waals surface area contributed by atoms with Gasteiger partial charge in [0.15, 0.2) is 0 Å². The minimum absolute atomic E-state index is 0.658. The summed E-state index contributed by atoms with van der Waals surface area (Å²) >= 11 is 7.67. The van der Waals surface area contributed by atoms with Crippen LogP contribution in [0.3, 0.4) is 0 Å². The first-order valence-corrected chi connectivity index (χ1v) is 5.80. The Morgan fingerprint density at radius 1 is 1.46 bits per heavy atom. The maximum atomic E-state index is 5.86. The third-order valence-electron chi connectivity index (χ3n) is 1.89. The Bertz CT molecular complexity index is 261. The molecule has 0 amide bonds. The summed E-state index contributed by atoms with van der Waals surface area (Å²) in [6.45, 7) is 4.40. The molecule has 0 N–H and O–H groups in total. The molecule has 3 heteroatoms. The van der Waals surface area contributed by atoms with Gasteiger partial charge in [-0.1, -0.05) is 25.4 Å². The van der Waals surface area contributed by atoms with E-state index in [1.165, 1.54) is 12.8 Å². The SMILES string of the molecule is CCC(CC)Sc1cc(Cl)ccn1. The second-order valence-corrected chi connectivity index (χ2v) is 4.63. The van der Waals surface area contributed by atoms with E-state index in [1.54, 1.807) is 12.3 Å². The molecule has 72 valence electrons. The smallest absolute Gasteiger partial charge is 0.0977 e. The summed E-state index contributed by atoms with van der Waals surface area (Å²) in [6.07, 6.45) is 4.11. The Kier molecular flexibility index (Phi) is 4.60. The van der Waals surface area contributed by atoms with Crippen LogP contribution in [-0.2, 0) is 0 Å². The number of pyridine rings is 1. The summed E-state index contributed by atoms with van der Waals surface area (Å²) in [5.74, 6) is 0. The summed E-state index contributed by atoms with van der Waals surface area (Å²) in [5, 5.41) is 2.45. The third-order valence-corrected chi connectivity index (χ3v) is 3.59. The van der Waals surface area contributed by atoms with E-state index in [2.05, 4.69) is 18.8 Å². The molecule has 1 nitrogen and oxygen atoms in total. The first-order valence-electron chi connectivity index (χ1n) is 4.54. The zero-order valence-corrected chi connectivity index (χ0v) is 9.53. The molecule has 0 aliphatic heterocycles. The normalized spacial score (nSPS) is 10.8. The van der Waals surface area contributed by atoms with E-state index in [1.807, 2.05) is 17.8 Å². The molecular formula is C10H14ClNS. The molecule has 1 heterocycles. The summed E-state index contributed by atoms with van der Waals surface area (Å²) < 4.78 is 0. The van der Waals surface area contributed by atoms with Crippen LogP contribution in [0.15, 0.2) is 23.4 Å². The molecule has 13 heavy (non-hydrogen) atoms. The van der Waals surface area contributed by atoms with Gasteiger partial charge in [0.2, 0.25) is 0 Å². The molecule has 0 unspecified atom stereocenters. The highest BCUT2D eigenvalue weighted by Gasteiger charge is 2.06. The van der Waals surface area contributed by atoms with Crippen molar-refractivity contribution >= 4 is 23.4 Å². The van der Waals surface area contributed by atoms with Crippen molar-refractivity contribution < 1.29 is 0 Å². The first kappa shape index (κ1) is 10.9. The average molecular weight is 216 g/mol.